The smallest absolute Gasteiger partial charge is 0.328 e. The van der Waals surface area contributed by atoms with Crippen molar-refractivity contribution in [1.82, 2.24) is 0 Å². The summed E-state index contributed by atoms with van der Waals surface area (Å²) >= 11 is 9.37. The van der Waals surface area contributed by atoms with Crippen molar-refractivity contribution in [3.63, 3.8) is 0 Å². The Hall–Kier alpha value is -0.740. The molecular formula is C13H17BrClNO2. The molecule has 0 radical (unpaired) electrons. The van der Waals surface area contributed by atoms with Gasteiger partial charge < -0.3 is 10.1 Å². The van der Waals surface area contributed by atoms with Gasteiger partial charge in [-0.2, -0.15) is 0 Å². The first-order chi connectivity index (χ1) is 8.58. The Kier molecular flexibility index (Phi) is 6.50. The summed E-state index contributed by atoms with van der Waals surface area (Å²) in [6.45, 7) is 2.09. The van der Waals surface area contributed by atoms with Crippen molar-refractivity contribution in [1.29, 1.82) is 0 Å². The molecule has 0 heterocycles. The van der Waals surface area contributed by atoms with Crippen LogP contribution in [0.2, 0.25) is 5.02 Å². The quantitative estimate of drug-likeness (QED) is 0.791. The zero-order chi connectivity index (χ0) is 13.5. The van der Waals surface area contributed by atoms with Crippen molar-refractivity contribution >= 4 is 39.2 Å². The summed E-state index contributed by atoms with van der Waals surface area (Å²) in [5.41, 5.74) is 0.800. The lowest BCUT2D eigenvalue weighted by atomic mass is 10.1. The van der Waals surface area contributed by atoms with Gasteiger partial charge in [-0.25, -0.2) is 4.79 Å². The van der Waals surface area contributed by atoms with Crippen LogP contribution in [0, 0.1) is 0 Å². The monoisotopic (exact) mass is 333 g/mol. The fourth-order valence-corrected chi connectivity index (χ4v) is 2.13. The van der Waals surface area contributed by atoms with Crippen LogP contribution < -0.4 is 5.32 Å². The van der Waals surface area contributed by atoms with E-state index in [0.29, 0.717) is 5.02 Å². The van der Waals surface area contributed by atoms with Crippen LogP contribution in [-0.4, -0.2) is 19.1 Å². The number of methoxy groups -OCH3 is 1. The first-order valence-electron chi connectivity index (χ1n) is 5.88. The van der Waals surface area contributed by atoms with Gasteiger partial charge >= 0.3 is 5.97 Å². The molecule has 0 aromatic heterocycles. The second-order valence-corrected chi connectivity index (χ2v) is 5.28. The minimum atomic E-state index is -0.343. The van der Waals surface area contributed by atoms with E-state index in [0.717, 1.165) is 29.4 Å². The topological polar surface area (TPSA) is 38.3 Å². The summed E-state index contributed by atoms with van der Waals surface area (Å²) in [4.78, 5) is 11.7. The molecule has 1 unspecified atom stereocenters. The Bertz CT molecular complexity index is 412. The van der Waals surface area contributed by atoms with Crippen LogP contribution >= 0.6 is 27.5 Å². The normalized spacial score (nSPS) is 12.0. The highest BCUT2D eigenvalue weighted by molar-refractivity contribution is 9.10. The highest BCUT2D eigenvalue weighted by Gasteiger charge is 2.19. The Balaban J connectivity index is 2.81. The van der Waals surface area contributed by atoms with E-state index in [-0.39, 0.29) is 12.0 Å². The van der Waals surface area contributed by atoms with Gasteiger partial charge in [0.2, 0.25) is 0 Å². The van der Waals surface area contributed by atoms with Gasteiger partial charge in [0.15, 0.2) is 0 Å². The number of unbranched alkanes of at least 4 members (excludes halogenated alkanes) is 1. The Morgan fingerprint density at radius 3 is 2.89 bits per heavy atom. The number of anilines is 1. The average Bonchev–Trinajstić information content (AvgIpc) is 2.37. The number of carbonyl (C=O) groups is 1. The molecular weight excluding hydrogens is 318 g/mol. The van der Waals surface area contributed by atoms with Gasteiger partial charge in [0, 0.05) is 9.50 Å². The van der Waals surface area contributed by atoms with Crippen LogP contribution in [-0.2, 0) is 9.53 Å². The predicted molar refractivity (Wildman–Crippen MR) is 78.1 cm³/mol. The van der Waals surface area contributed by atoms with E-state index in [4.69, 9.17) is 16.3 Å². The third kappa shape index (κ3) is 4.50. The Labute approximate surface area is 121 Å². The first-order valence-corrected chi connectivity index (χ1v) is 7.05. The van der Waals surface area contributed by atoms with E-state index in [1.54, 1.807) is 12.1 Å². The van der Waals surface area contributed by atoms with Crippen LogP contribution in [0.3, 0.4) is 0 Å². The van der Waals surface area contributed by atoms with Crippen LogP contribution in [0.25, 0.3) is 0 Å². The van der Waals surface area contributed by atoms with E-state index < -0.39 is 0 Å². The van der Waals surface area contributed by atoms with E-state index in [1.165, 1.54) is 7.11 Å². The second kappa shape index (κ2) is 7.64. The van der Waals surface area contributed by atoms with Crippen molar-refractivity contribution in [3.8, 4) is 0 Å². The zero-order valence-electron chi connectivity index (χ0n) is 10.5. The molecule has 0 aliphatic carbocycles. The summed E-state index contributed by atoms with van der Waals surface area (Å²) in [5, 5.41) is 3.79. The molecule has 3 nitrogen and oxygen atoms in total. The molecule has 5 heteroatoms. The average molecular weight is 335 g/mol. The molecule has 0 saturated heterocycles. The number of rotatable bonds is 6. The maximum absolute atomic E-state index is 11.7. The van der Waals surface area contributed by atoms with Gasteiger partial charge in [0.25, 0.3) is 0 Å². The molecule has 0 bridgehead atoms. The summed E-state index contributed by atoms with van der Waals surface area (Å²) in [7, 11) is 1.40. The summed E-state index contributed by atoms with van der Waals surface area (Å²) in [6.07, 6.45) is 2.74. The highest BCUT2D eigenvalue weighted by atomic mass is 79.9. The lowest BCUT2D eigenvalue weighted by Crippen LogP contribution is -2.30. The third-order valence-electron chi connectivity index (χ3n) is 2.59. The number of esters is 1. The molecule has 0 aliphatic heterocycles. The van der Waals surface area contributed by atoms with Crippen LogP contribution in [0.1, 0.15) is 26.2 Å². The van der Waals surface area contributed by atoms with Crippen molar-refractivity contribution in [2.24, 2.45) is 0 Å². The van der Waals surface area contributed by atoms with Gasteiger partial charge in [-0.3, -0.25) is 0 Å². The van der Waals surface area contributed by atoms with Crippen molar-refractivity contribution in [2.45, 2.75) is 32.2 Å². The molecule has 1 rings (SSSR count). The molecule has 0 spiro atoms. The molecule has 0 fully saturated rings. The lowest BCUT2D eigenvalue weighted by Gasteiger charge is -2.18. The minimum absolute atomic E-state index is 0.254. The van der Waals surface area contributed by atoms with E-state index in [9.17, 15) is 4.79 Å². The summed E-state index contributed by atoms with van der Waals surface area (Å²) < 4.78 is 5.67. The molecule has 1 aromatic rings. The summed E-state index contributed by atoms with van der Waals surface area (Å²) in [5.74, 6) is -0.254. The van der Waals surface area contributed by atoms with Crippen LogP contribution in [0.15, 0.2) is 22.7 Å². The molecule has 0 amide bonds. The Morgan fingerprint density at radius 2 is 2.28 bits per heavy atom. The number of hydrogen-bond donors (Lipinski definition) is 1. The number of carbonyl (C=O) groups excluding carboxylic acids is 1. The van der Waals surface area contributed by atoms with Crippen molar-refractivity contribution in [3.05, 3.63) is 27.7 Å². The molecule has 1 atom stereocenters. The van der Waals surface area contributed by atoms with E-state index in [2.05, 4.69) is 28.2 Å². The SMILES string of the molecule is CCCCC(Nc1cc(Cl)ccc1Br)C(=O)OC. The van der Waals surface area contributed by atoms with Crippen molar-refractivity contribution < 1.29 is 9.53 Å². The predicted octanol–water partition coefficient (Wildman–Crippen LogP) is 4.25. The minimum Gasteiger partial charge on any atom is -0.467 e. The third-order valence-corrected chi connectivity index (χ3v) is 3.52. The molecule has 0 aliphatic rings. The number of benzene rings is 1. The Morgan fingerprint density at radius 1 is 1.56 bits per heavy atom. The highest BCUT2D eigenvalue weighted by Crippen LogP contribution is 2.27. The van der Waals surface area contributed by atoms with E-state index >= 15 is 0 Å². The fraction of sp³-hybridized carbons (Fsp3) is 0.462. The second-order valence-electron chi connectivity index (χ2n) is 3.99. The fourth-order valence-electron chi connectivity index (χ4n) is 1.60. The molecule has 1 N–H and O–H groups in total. The van der Waals surface area contributed by atoms with Gasteiger partial charge in [0.1, 0.15) is 6.04 Å². The van der Waals surface area contributed by atoms with Gasteiger partial charge in [-0.1, -0.05) is 31.4 Å². The molecule has 18 heavy (non-hydrogen) atoms. The lowest BCUT2D eigenvalue weighted by molar-refractivity contribution is -0.141. The van der Waals surface area contributed by atoms with Gasteiger partial charge in [-0.05, 0) is 40.5 Å². The largest absolute Gasteiger partial charge is 0.467 e. The van der Waals surface area contributed by atoms with E-state index in [1.807, 2.05) is 6.07 Å². The van der Waals surface area contributed by atoms with Crippen molar-refractivity contribution in [2.75, 3.05) is 12.4 Å². The number of nitrogens with one attached hydrogen (secondary N) is 1. The number of hydrogen-bond acceptors (Lipinski definition) is 3. The standard InChI is InChI=1S/C13H17BrClNO2/c1-3-4-5-11(13(17)18-2)16-12-8-9(15)6-7-10(12)14/h6-8,11,16H,3-5H2,1-2H3. The number of ether oxygens (including phenoxy) is 1. The maximum atomic E-state index is 11.7. The first kappa shape index (κ1) is 15.3. The molecule has 1 aromatic carbocycles. The summed E-state index contributed by atoms with van der Waals surface area (Å²) in [6, 6.07) is 5.08. The van der Waals surface area contributed by atoms with Crippen LogP contribution in [0.4, 0.5) is 5.69 Å². The van der Waals surface area contributed by atoms with Gasteiger partial charge in [0.05, 0.1) is 12.8 Å². The maximum Gasteiger partial charge on any atom is 0.328 e. The molecule has 100 valence electrons. The number of halogens is 2. The van der Waals surface area contributed by atoms with Crippen LogP contribution in [0.5, 0.6) is 0 Å². The van der Waals surface area contributed by atoms with Gasteiger partial charge in [-0.15, -0.1) is 0 Å². The molecule has 0 saturated carbocycles. The zero-order valence-corrected chi connectivity index (χ0v) is 12.8.